The maximum absolute atomic E-state index is 13.6. The number of ketones is 1. The van der Waals surface area contributed by atoms with Crippen LogP contribution in [0.25, 0.3) is 0 Å². The summed E-state index contributed by atoms with van der Waals surface area (Å²) in [5, 5.41) is 3.81. The van der Waals surface area contributed by atoms with Crippen molar-refractivity contribution in [1.29, 1.82) is 0 Å². The Morgan fingerprint density at radius 1 is 1.10 bits per heavy atom. The van der Waals surface area contributed by atoms with Gasteiger partial charge in [-0.05, 0) is 43.4 Å². The monoisotopic (exact) mass is 429 g/mol. The molecule has 2 aliphatic rings. The molecule has 1 aromatic carbocycles. The molecule has 1 fully saturated rings. The average Bonchev–Trinajstić information content (AvgIpc) is 3.12. The van der Waals surface area contributed by atoms with E-state index in [1.54, 1.807) is 24.5 Å². The summed E-state index contributed by atoms with van der Waals surface area (Å²) in [6.07, 6.45) is 4.09. The van der Waals surface area contributed by atoms with E-state index in [2.05, 4.69) is 12.4 Å². The normalized spacial score (nSPS) is 21.0. The molecule has 1 aromatic heterocycles. The number of fused-ring (bicyclic) bond motifs is 1. The molecule has 0 saturated carbocycles. The fraction of sp³-hybridized carbons (Fsp3) is 0.478. The first kappa shape index (κ1) is 21.0. The van der Waals surface area contributed by atoms with Crippen molar-refractivity contribution in [1.82, 2.24) is 0 Å². The van der Waals surface area contributed by atoms with Gasteiger partial charge in [-0.25, -0.2) is 0 Å². The second-order valence-electron chi connectivity index (χ2n) is 8.38. The Morgan fingerprint density at radius 3 is 2.60 bits per heavy atom. The summed E-state index contributed by atoms with van der Waals surface area (Å²) < 4.78 is 5.43. The molecule has 0 unspecified atom stereocenters. The zero-order chi connectivity index (χ0) is 21.1. The molecule has 1 aliphatic heterocycles. The van der Waals surface area contributed by atoms with Crippen LogP contribution in [-0.4, -0.2) is 58.6 Å². The Bertz CT molecular complexity index is 932. The van der Waals surface area contributed by atoms with Gasteiger partial charge in [0.25, 0.3) is 5.91 Å². The molecule has 1 aliphatic carbocycles. The molecule has 1 amide bonds. The average molecular weight is 430 g/mol. The number of hydrogen-bond donors (Lipinski definition) is 3. The SMILES string of the molecule is COc1ccccc1C(=O)c1c(NC(=O)C[NH+]2CC[NH+](C)CC2)sc2c1CCCC2. The summed E-state index contributed by atoms with van der Waals surface area (Å²) in [5.74, 6) is 0.509. The van der Waals surface area contributed by atoms with Crippen LogP contribution in [0, 0.1) is 0 Å². The van der Waals surface area contributed by atoms with Gasteiger partial charge in [0, 0.05) is 4.88 Å². The predicted molar refractivity (Wildman–Crippen MR) is 118 cm³/mol. The summed E-state index contributed by atoms with van der Waals surface area (Å²) in [5.41, 5.74) is 2.34. The number of thiophene rings is 1. The predicted octanol–water partition coefficient (Wildman–Crippen LogP) is 0.218. The second kappa shape index (κ2) is 9.29. The van der Waals surface area contributed by atoms with E-state index in [0.29, 0.717) is 28.4 Å². The molecule has 30 heavy (non-hydrogen) atoms. The zero-order valence-corrected chi connectivity index (χ0v) is 18.6. The van der Waals surface area contributed by atoms with Crippen molar-refractivity contribution in [3.05, 3.63) is 45.8 Å². The lowest BCUT2D eigenvalue weighted by Gasteiger charge is -2.26. The number of ether oxygens (including phenoxy) is 1. The number of amides is 1. The number of hydrogen-bond acceptors (Lipinski definition) is 4. The molecule has 2 heterocycles. The molecule has 1 saturated heterocycles. The van der Waals surface area contributed by atoms with Crippen LogP contribution >= 0.6 is 11.3 Å². The molecule has 0 bridgehead atoms. The maximum Gasteiger partial charge on any atom is 0.280 e. The number of quaternary nitrogens is 2. The molecular weight excluding hydrogens is 398 g/mol. The number of piperazine rings is 1. The summed E-state index contributed by atoms with van der Waals surface area (Å²) in [7, 11) is 3.78. The lowest BCUT2D eigenvalue weighted by Crippen LogP contribution is -3.27. The van der Waals surface area contributed by atoms with Crippen molar-refractivity contribution in [3.63, 3.8) is 0 Å². The Balaban J connectivity index is 1.59. The summed E-state index contributed by atoms with van der Waals surface area (Å²) in [6, 6.07) is 7.33. The fourth-order valence-electron chi connectivity index (χ4n) is 4.47. The molecular formula is C23H31N3O3S+2. The number of anilines is 1. The van der Waals surface area contributed by atoms with E-state index >= 15 is 0 Å². The largest absolute Gasteiger partial charge is 0.496 e. The van der Waals surface area contributed by atoms with Gasteiger partial charge in [-0.1, -0.05) is 12.1 Å². The van der Waals surface area contributed by atoms with Gasteiger partial charge in [-0.3, -0.25) is 9.59 Å². The van der Waals surface area contributed by atoms with E-state index in [1.165, 1.54) is 14.7 Å². The van der Waals surface area contributed by atoms with Crippen molar-refractivity contribution in [2.24, 2.45) is 0 Å². The number of benzene rings is 1. The second-order valence-corrected chi connectivity index (χ2v) is 9.48. The van der Waals surface area contributed by atoms with Gasteiger partial charge in [-0.2, -0.15) is 0 Å². The number of likely N-dealkylation sites (N-methyl/N-ethyl adjacent to an activating group) is 1. The highest BCUT2D eigenvalue weighted by atomic mass is 32.1. The first-order valence-electron chi connectivity index (χ1n) is 10.8. The van der Waals surface area contributed by atoms with Gasteiger partial charge in [0.1, 0.15) is 36.9 Å². The standard InChI is InChI=1S/C23H29N3O3S/c1-25-11-13-26(14-12-25)15-20(27)24-23-21(17-8-4-6-10-19(17)30-23)22(28)16-7-3-5-9-18(16)29-2/h3,5,7,9H,4,6,8,10-15H2,1-2H3,(H,24,27)/p+2. The number of carbonyl (C=O) groups is 2. The highest BCUT2D eigenvalue weighted by Crippen LogP contribution is 2.40. The molecule has 2 aromatic rings. The minimum atomic E-state index is -0.0577. The lowest BCUT2D eigenvalue weighted by atomic mass is 9.91. The maximum atomic E-state index is 13.6. The van der Waals surface area contributed by atoms with Crippen LogP contribution in [-0.2, 0) is 17.6 Å². The van der Waals surface area contributed by atoms with Crippen molar-refractivity contribution in [2.45, 2.75) is 25.7 Å². The Morgan fingerprint density at radius 2 is 1.83 bits per heavy atom. The molecule has 4 rings (SSSR count). The molecule has 0 atom stereocenters. The number of para-hydroxylation sites is 1. The minimum absolute atomic E-state index is 0.00257. The Hall–Kier alpha value is -2.22. The first-order chi connectivity index (χ1) is 14.6. The van der Waals surface area contributed by atoms with Crippen LogP contribution in [0.3, 0.4) is 0 Å². The van der Waals surface area contributed by atoms with Crippen molar-refractivity contribution in [3.8, 4) is 5.75 Å². The molecule has 3 N–H and O–H groups in total. The van der Waals surface area contributed by atoms with Crippen molar-refractivity contribution >= 4 is 28.0 Å². The first-order valence-corrected chi connectivity index (χ1v) is 11.7. The third kappa shape index (κ3) is 4.43. The number of nitrogens with one attached hydrogen (secondary N) is 3. The molecule has 0 spiro atoms. The van der Waals surface area contributed by atoms with Crippen molar-refractivity contribution < 1.29 is 24.1 Å². The van der Waals surface area contributed by atoms with Crippen molar-refractivity contribution in [2.75, 3.05) is 52.2 Å². The van der Waals surface area contributed by atoms with Crippen LogP contribution in [0.4, 0.5) is 5.00 Å². The van der Waals surface area contributed by atoms with E-state index in [9.17, 15) is 9.59 Å². The number of carbonyl (C=O) groups excluding carboxylic acids is 2. The minimum Gasteiger partial charge on any atom is -0.496 e. The third-order valence-electron chi connectivity index (χ3n) is 6.22. The zero-order valence-electron chi connectivity index (χ0n) is 17.8. The quantitative estimate of drug-likeness (QED) is 0.576. The number of rotatable bonds is 6. The molecule has 7 heteroatoms. The number of methoxy groups -OCH3 is 1. The van der Waals surface area contributed by atoms with Gasteiger partial charge in [0.15, 0.2) is 12.3 Å². The van der Waals surface area contributed by atoms with Gasteiger partial charge < -0.3 is 19.9 Å². The van der Waals surface area contributed by atoms with Crippen LogP contribution in [0.1, 0.15) is 39.2 Å². The molecule has 160 valence electrons. The van der Waals surface area contributed by atoms with Crippen LogP contribution in [0.15, 0.2) is 24.3 Å². The van der Waals surface area contributed by atoms with Gasteiger partial charge >= 0.3 is 0 Å². The Labute approximate surface area is 181 Å². The summed E-state index contributed by atoms with van der Waals surface area (Å²) >= 11 is 1.58. The van der Waals surface area contributed by atoms with E-state index in [0.717, 1.165) is 57.4 Å². The fourth-order valence-corrected chi connectivity index (χ4v) is 5.77. The third-order valence-corrected chi connectivity index (χ3v) is 7.43. The summed E-state index contributed by atoms with van der Waals surface area (Å²) in [6.45, 7) is 4.65. The van der Waals surface area contributed by atoms with Crippen LogP contribution in [0.5, 0.6) is 5.75 Å². The van der Waals surface area contributed by atoms with E-state index in [1.807, 2.05) is 18.2 Å². The van der Waals surface area contributed by atoms with Gasteiger partial charge in [0.2, 0.25) is 0 Å². The van der Waals surface area contributed by atoms with E-state index in [-0.39, 0.29) is 11.7 Å². The van der Waals surface area contributed by atoms with Gasteiger partial charge in [0.05, 0.1) is 25.3 Å². The topological polar surface area (TPSA) is 64.3 Å². The highest BCUT2D eigenvalue weighted by Gasteiger charge is 2.29. The smallest absolute Gasteiger partial charge is 0.280 e. The lowest BCUT2D eigenvalue weighted by molar-refractivity contribution is -0.999. The Kier molecular flexibility index (Phi) is 6.51. The molecule has 0 radical (unpaired) electrons. The summed E-state index contributed by atoms with van der Waals surface area (Å²) in [4.78, 5) is 30.5. The van der Waals surface area contributed by atoms with E-state index in [4.69, 9.17) is 4.74 Å². The van der Waals surface area contributed by atoms with E-state index < -0.39 is 0 Å². The molecule has 6 nitrogen and oxygen atoms in total. The number of aryl methyl sites for hydroxylation is 1. The highest BCUT2D eigenvalue weighted by molar-refractivity contribution is 7.17. The van der Waals surface area contributed by atoms with Crippen LogP contribution < -0.4 is 19.9 Å². The van der Waals surface area contributed by atoms with Gasteiger partial charge in [-0.15, -0.1) is 11.3 Å². The van der Waals surface area contributed by atoms with Crippen LogP contribution in [0.2, 0.25) is 0 Å².